The van der Waals surface area contributed by atoms with Crippen molar-refractivity contribution in [3.63, 3.8) is 0 Å². The summed E-state index contributed by atoms with van der Waals surface area (Å²) in [4.78, 5) is 38.8. The van der Waals surface area contributed by atoms with Crippen LogP contribution in [0.5, 0.6) is 5.75 Å². The lowest BCUT2D eigenvalue weighted by Gasteiger charge is -2.44. The maximum absolute atomic E-state index is 13.9. The molecular weight excluding hydrogens is 557 g/mol. The fourth-order valence-electron chi connectivity index (χ4n) is 4.65. The van der Waals surface area contributed by atoms with E-state index < -0.39 is 61.7 Å². The SMILES string of the molecule is C[C@H](N[P@](=O)(OC[C@H]1O[C@@H](n2ccc(=O)[nH]c2=O)[C@@]2(CCO2)[C@@H]1O)Oc1ccccc1)C(=O)OCc1ccccc1. The van der Waals surface area contributed by atoms with Crippen LogP contribution in [0, 0.1) is 0 Å². The van der Waals surface area contributed by atoms with E-state index in [4.69, 9.17) is 23.3 Å². The van der Waals surface area contributed by atoms with Gasteiger partial charge in [0.25, 0.3) is 5.56 Å². The van der Waals surface area contributed by atoms with Crippen LogP contribution >= 0.6 is 7.75 Å². The summed E-state index contributed by atoms with van der Waals surface area (Å²) >= 11 is 0. The van der Waals surface area contributed by atoms with Crippen molar-refractivity contribution in [2.45, 2.75) is 50.0 Å². The van der Waals surface area contributed by atoms with Crippen LogP contribution < -0.4 is 20.9 Å². The highest BCUT2D eigenvalue weighted by Crippen LogP contribution is 2.50. The molecule has 0 saturated carbocycles. The molecule has 41 heavy (non-hydrogen) atoms. The number of carbonyl (C=O) groups is 1. The number of aliphatic hydroxyl groups is 1. The zero-order valence-corrected chi connectivity index (χ0v) is 23.0. The summed E-state index contributed by atoms with van der Waals surface area (Å²) < 4.78 is 43.4. The van der Waals surface area contributed by atoms with Crippen LogP contribution in [0.4, 0.5) is 0 Å². The van der Waals surface area contributed by atoms with Gasteiger partial charge in [-0.3, -0.25) is 23.7 Å². The molecule has 0 radical (unpaired) electrons. The lowest BCUT2D eigenvalue weighted by Crippen LogP contribution is -2.57. The van der Waals surface area contributed by atoms with Crippen LogP contribution in [0.3, 0.4) is 0 Å². The van der Waals surface area contributed by atoms with Gasteiger partial charge in [0.1, 0.15) is 36.2 Å². The zero-order chi connectivity index (χ0) is 29.0. The molecule has 5 rings (SSSR count). The number of hydrogen-bond acceptors (Lipinski definition) is 10. The number of hydrogen-bond donors (Lipinski definition) is 3. The third-order valence-electron chi connectivity index (χ3n) is 6.85. The Hall–Kier alpha value is -3.58. The first kappa shape index (κ1) is 28.9. The summed E-state index contributed by atoms with van der Waals surface area (Å²) in [6.07, 6.45) is -1.86. The number of nitrogens with one attached hydrogen (secondary N) is 2. The Bertz CT molecular complexity index is 1510. The van der Waals surface area contributed by atoms with Crippen molar-refractivity contribution in [1.82, 2.24) is 14.6 Å². The standard InChI is InChI=1S/C27H30N3O10P/c1-18(24(33)36-16-19-8-4-2-5-9-19)29-41(35,40-20-10-6-3-7-11-20)38-17-21-23(32)27(13-15-37-27)25(39-21)30-14-12-22(31)28-26(30)34/h2-12,14,18,21,23,25,32H,13,15-17H2,1H3,(H,29,35)(H,28,31,34)/t18-,21+,23+,25+,27+,41-/m0/s1. The lowest BCUT2D eigenvalue weighted by atomic mass is 9.86. The van der Waals surface area contributed by atoms with Gasteiger partial charge in [0.15, 0.2) is 6.23 Å². The highest BCUT2D eigenvalue weighted by atomic mass is 31.2. The largest absolute Gasteiger partial charge is 0.460 e. The lowest BCUT2D eigenvalue weighted by molar-refractivity contribution is -0.227. The third kappa shape index (κ3) is 6.35. The summed E-state index contributed by atoms with van der Waals surface area (Å²) in [5.74, 6) is -0.483. The van der Waals surface area contributed by atoms with Crippen molar-refractivity contribution in [2.75, 3.05) is 13.2 Å². The molecule has 2 aromatic carbocycles. The molecule has 218 valence electrons. The summed E-state index contributed by atoms with van der Waals surface area (Å²) in [7, 11) is -4.26. The molecular formula is C27H30N3O10P. The number of aromatic amines is 1. The van der Waals surface area contributed by atoms with Crippen molar-refractivity contribution in [1.29, 1.82) is 0 Å². The average Bonchev–Trinajstić information content (AvgIpc) is 3.24. The van der Waals surface area contributed by atoms with Crippen LogP contribution in [-0.2, 0) is 34.7 Å². The number of rotatable bonds is 11. The Balaban J connectivity index is 1.30. The van der Waals surface area contributed by atoms with Crippen molar-refractivity contribution in [2.24, 2.45) is 0 Å². The van der Waals surface area contributed by atoms with E-state index in [0.717, 1.165) is 16.2 Å². The molecule has 3 aromatic rings. The smallest absolute Gasteiger partial charge is 0.459 e. The van der Waals surface area contributed by atoms with E-state index >= 15 is 0 Å². The van der Waals surface area contributed by atoms with Crippen LogP contribution in [0.2, 0.25) is 0 Å². The van der Waals surface area contributed by atoms with E-state index in [-0.39, 0.29) is 12.4 Å². The second-order valence-corrected chi connectivity index (χ2v) is 11.4. The van der Waals surface area contributed by atoms with Gasteiger partial charge < -0.3 is 23.8 Å². The Kier molecular flexibility index (Phi) is 8.55. The van der Waals surface area contributed by atoms with Gasteiger partial charge in [0, 0.05) is 18.7 Å². The number of nitrogens with zero attached hydrogens (tertiary/aromatic N) is 1. The van der Waals surface area contributed by atoms with Crippen LogP contribution in [-0.4, -0.2) is 57.7 Å². The summed E-state index contributed by atoms with van der Waals surface area (Å²) in [6.45, 7) is 1.34. The van der Waals surface area contributed by atoms with E-state index in [0.29, 0.717) is 13.0 Å². The van der Waals surface area contributed by atoms with Crippen LogP contribution in [0.25, 0.3) is 0 Å². The van der Waals surface area contributed by atoms with Gasteiger partial charge in [0.2, 0.25) is 0 Å². The summed E-state index contributed by atoms with van der Waals surface area (Å²) in [6, 6.07) is 17.3. The first-order valence-electron chi connectivity index (χ1n) is 13.0. The van der Waals surface area contributed by atoms with Crippen LogP contribution in [0.1, 0.15) is 25.1 Å². The minimum absolute atomic E-state index is 0.0199. The van der Waals surface area contributed by atoms with Crippen molar-refractivity contribution in [3.8, 4) is 5.75 Å². The number of benzene rings is 2. The second-order valence-electron chi connectivity index (χ2n) is 9.68. The van der Waals surface area contributed by atoms with E-state index in [2.05, 4.69) is 10.1 Å². The Morgan fingerprint density at radius 2 is 1.85 bits per heavy atom. The molecule has 0 bridgehead atoms. The number of para-hydroxylation sites is 1. The number of esters is 1. The van der Waals surface area contributed by atoms with Gasteiger partial charge in [-0.15, -0.1) is 0 Å². The maximum Gasteiger partial charge on any atom is 0.459 e. The number of carbonyl (C=O) groups excluding carboxylic acids is 1. The number of aliphatic hydroxyl groups excluding tert-OH is 1. The summed E-state index contributed by atoms with van der Waals surface area (Å²) in [5.41, 5.74) is -1.82. The third-order valence-corrected chi connectivity index (χ3v) is 8.49. The molecule has 1 aromatic heterocycles. The molecule has 1 spiro atoms. The highest BCUT2D eigenvalue weighted by molar-refractivity contribution is 7.52. The quantitative estimate of drug-likeness (QED) is 0.221. The number of ether oxygens (including phenoxy) is 3. The first-order chi connectivity index (χ1) is 19.7. The molecule has 2 fully saturated rings. The van der Waals surface area contributed by atoms with E-state index in [1.54, 1.807) is 42.5 Å². The maximum atomic E-state index is 13.9. The average molecular weight is 588 g/mol. The van der Waals surface area contributed by atoms with Gasteiger partial charge in [-0.05, 0) is 24.6 Å². The molecule has 6 atom stereocenters. The molecule has 13 nitrogen and oxygen atoms in total. The molecule has 0 amide bonds. The molecule has 14 heteroatoms. The number of H-pyrrole nitrogens is 1. The molecule has 2 aliphatic heterocycles. The zero-order valence-electron chi connectivity index (χ0n) is 22.1. The molecule has 3 heterocycles. The van der Waals surface area contributed by atoms with E-state index in [1.807, 2.05) is 18.2 Å². The normalized spacial score (nSPS) is 25.7. The van der Waals surface area contributed by atoms with Gasteiger partial charge in [-0.1, -0.05) is 48.5 Å². The highest BCUT2D eigenvalue weighted by Gasteiger charge is 2.62. The molecule has 0 aliphatic carbocycles. The van der Waals surface area contributed by atoms with Crippen LogP contribution in [0.15, 0.2) is 82.5 Å². The van der Waals surface area contributed by atoms with Gasteiger partial charge in [-0.2, -0.15) is 5.09 Å². The fraction of sp³-hybridized carbons (Fsp3) is 0.370. The number of aromatic nitrogens is 2. The fourth-order valence-corrected chi connectivity index (χ4v) is 6.15. The Morgan fingerprint density at radius 1 is 1.17 bits per heavy atom. The second kappa shape index (κ2) is 12.1. The predicted molar refractivity (Wildman–Crippen MR) is 144 cm³/mol. The Morgan fingerprint density at radius 3 is 2.49 bits per heavy atom. The van der Waals surface area contributed by atoms with Crippen molar-refractivity contribution in [3.05, 3.63) is 99.3 Å². The van der Waals surface area contributed by atoms with Gasteiger partial charge in [-0.25, -0.2) is 9.36 Å². The van der Waals surface area contributed by atoms with Crippen molar-refractivity contribution >= 4 is 13.7 Å². The van der Waals surface area contributed by atoms with E-state index in [1.165, 1.54) is 13.1 Å². The monoisotopic (exact) mass is 587 g/mol. The Labute approximate surface area is 234 Å². The topological polar surface area (TPSA) is 167 Å². The van der Waals surface area contributed by atoms with Gasteiger partial charge in [0.05, 0.1) is 13.2 Å². The minimum atomic E-state index is -4.26. The molecule has 2 aliphatic rings. The minimum Gasteiger partial charge on any atom is -0.460 e. The molecule has 3 N–H and O–H groups in total. The van der Waals surface area contributed by atoms with Crippen molar-refractivity contribution < 1.29 is 37.7 Å². The molecule has 2 saturated heterocycles. The van der Waals surface area contributed by atoms with E-state index in [9.17, 15) is 24.1 Å². The van der Waals surface area contributed by atoms with Gasteiger partial charge >= 0.3 is 19.4 Å². The first-order valence-corrected chi connectivity index (χ1v) is 14.5. The summed E-state index contributed by atoms with van der Waals surface area (Å²) in [5, 5.41) is 13.7. The predicted octanol–water partition coefficient (Wildman–Crippen LogP) is 1.88. The molecule has 0 unspecified atom stereocenters.